The Morgan fingerprint density at radius 2 is 2.09 bits per heavy atom. The van der Waals surface area contributed by atoms with E-state index in [1.807, 2.05) is 17.5 Å². The van der Waals surface area contributed by atoms with Crippen molar-refractivity contribution >= 4 is 39.6 Å². The molecule has 0 aliphatic rings. The average Bonchev–Trinajstić information content (AvgIpc) is 3.13. The van der Waals surface area contributed by atoms with Crippen LogP contribution >= 0.6 is 22.7 Å². The Kier molecular flexibility index (Phi) is 6.54. The van der Waals surface area contributed by atoms with Gasteiger partial charge in [0.2, 0.25) is 11.8 Å². The number of rotatable bonds is 8. The molecule has 0 aliphatic heterocycles. The fourth-order valence-corrected chi connectivity index (χ4v) is 3.69. The predicted molar refractivity (Wildman–Crippen MR) is 94.5 cm³/mol. The van der Waals surface area contributed by atoms with Gasteiger partial charge in [-0.2, -0.15) is 0 Å². The minimum atomic E-state index is -0.0554. The van der Waals surface area contributed by atoms with Crippen LogP contribution in [0.2, 0.25) is 0 Å². The van der Waals surface area contributed by atoms with E-state index in [0.717, 1.165) is 21.9 Å². The molecule has 0 bridgehead atoms. The normalized spacial score (nSPS) is 10.5. The molecular formula is C15H20N4O2S2. The van der Waals surface area contributed by atoms with Crippen molar-refractivity contribution in [3.05, 3.63) is 22.4 Å². The molecule has 2 rings (SSSR count). The molecule has 0 radical (unpaired) electrons. The Morgan fingerprint density at radius 1 is 1.30 bits per heavy atom. The van der Waals surface area contributed by atoms with Crippen molar-refractivity contribution in [2.24, 2.45) is 0 Å². The Hall–Kier alpha value is -1.93. The molecule has 0 unspecified atom stereocenters. The highest BCUT2D eigenvalue weighted by atomic mass is 32.1. The number of hydrogen-bond acceptors (Lipinski definition) is 6. The first-order valence-corrected chi connectivity index (χ1v) is 9.06. The molecule has 0 spiro atoms. The molecule has 124 valence electrons. The van der Waals surface area contributed by atoms with Crippen LogP contribution in [0.1, 0.15) is 24.6 Å². The second-order valence-corrected chi connectivity index (χ2v) is 7.05. The number of aryl methyl sites for hydroxylation is 1. The summed E-state index contributed by atoms with van der Waals surface area (Å²) < 4.78 is 0. The maximum atomic E-state index is 11.9. The molecule has 2 aromatic heterocycles. The van der Waals surface area contributed by atoms with E-state index in [-0.39, 0.29) is 11.8 Å². The minimum Gasteiger partial charge on any atom is -0.375 e. The smallest absolute Gasteiger partial charge is 0.220 e. The van der Waals surface area contributed by atoms with E-state index in [0.29, 0.717) is 31.1 Å². The number of amides is 2. The van der Waals surface area contributed by atoms with Gasteiger partial charge in [0.1, 0.15) is 0 Å². The van der Waals surface area contributed by atoms with Crippen molar-refractivity contribution in [1.29, 1.82) is 0 Å². The van der Waals surface area contributed by atoms with Crippen molar-refractivity contribution in [3.63, 3.8) is 0 Å². The summed E-state index contributed by atoms with van der Waals surface area (Å²) in [5.41, 5.74) is 6.70. The van der Waals surface area contributed by atoms with Gasteiger partial charge in [0, 0.05) is 31.3 Å². The third-order valence-electron chi connectivity index (χ3n) is 3.10. The fourth-order valence-electron chi connectivity index (χ4n) is 2.04. The van der Waals surface area contributed by atoms with Crippen LogP contribution in [0.25, 0.3) is 10.6 Å². The molecule has 0 atom stereocenters. The van der Waals surface area contributed by atoms with Gasteiger partial charge < -0.3 is 16.4 Å². The Labute approximate surface area is 143 Å². The molecule has 23 heavy (non-hydrogen) atoms. The van der Waals surface area contributed by atoms with Crippen molar-refractivity contribution in [3.8, 4) is 10.6 Å². The molecule has 0 aliphatic carbocycles. The molecule has 0 saturated heterocycles. The van der Waals surface area contributed by atoms with Gasteiger partial charge in [0.05, 0.1) is 10.6 Å². The summed E-state index contributed by atoms with van der Waals surface area (Å²) >= 11 is 3.05. The number of hydrogen-bond donors (Lipinski definition) is 3. The molecule has 2 aromatic rings. The van der Waals surface area contributed by atoms with Crippen LogP contribution < -0.4 is 16.4 Å². The lowest BCUT2D eigenvalue weighted by Gasteiger charge is -2.05. The average molecular weight is 352 g/mol. The molecule has 8 heteroatoms. The molecule has 0 fully saturated rings. The number of thiophene rings is 1. The van der Waals surface area contributed by atoms with Crippen molar-refractivity contribution in [2.45, 2.75) is 26.2 Å². The number of anilines is 1. The molecule has 2 heterocycles. The summed E-state index contributed by atoms with van der Waals surface area (Å²) in [5, 5.41) is 8.07. The molecule has 0 aromatic carbocycles. The predicted octanol–water partition coefficient (Wildman–Crippen LogP) is 2.03. The first-order valence-electron chi connectivity index (χ1n) is 7.36. The second kappa shape index (κ2) is 8.64. The zero-order valence-corrected chi connectivity index (χ0v) is 14.6. The number of nitrogen functional groups attached to an aromatic ring is 1. The SMILES string of the molecule is CC(=O)NCCCNC(=O)CCc1sc(N)nc1-c1cccs1. The van der Waals surface area contributed by atoms with E-state index in [1.165, 1.54) is 18.3 Å². The van der Waals surface area contributed by atoms with Crippen LogP contribution in [-0.2, 0) is 16.0 Å². The van der Waals surface area contributed by atoms with Gasteiger partial charge >= 0.3 is 0 Å². The number of carbonyl (C=O) groups excluding carboxylic acids is 2. The third-order valence-corrected chi connectivity index (χ3v) is 4.92. The Bertz CT molecular complexity index is 652. The van der Waals surface area contributed by atoms with Gasteiger partial charge in [0.25, 0.3) is 0 Å². The summed E-state index contributed by atoms with van der Waals surface area (Å²) in [6.45, 7) is 2.61. The highest BCUT2D eigenvalue weighted by molar-refractivity contribution is 7.17. The number of thiazole rings is 1. The first kappa shape index (κ1) is 17.4. The highest BCUT2D eigenvalue weighted by Crippen LogP contribution is 2.33. The van der Waals surface area contributed by atoms with Crippen molar-refractivity contribution in [1.82, 2.24) is 15.6 Å². The summed E-state index contributed by atoms with van der Waals surface area (Å²) in [4.78, 5) is 29.1. The van der Waals surface area contributed by atoms with Crippen LogP contribution in [0.5, 0.6) is 0 Å². The summed E-state index contributed by atoms with van der Waals surface area (Å²) in [6.07, 6.45) is 1.75. The lowest BCUT2D eigenvalue weighted by molar-refractivity contribution is -0.121. The number of aromatic nitrogens is 1. The highest BCUT2D eigenvalue weighted by Gasteiger charge is 2.14. The molecule has 4 N–H and O–H groups in total. The van der Waals surface area contributed by atoms with E-state index in [9.17, 15) is 9.59 Å². The molecule has 6 nitrogen and oxygen atoms in total. The maximum absolute atomic E-state index is 11.9. The summed E-state index contributed by atoms with van der Waals surface area (Å²) in [5.74, 6) is -0.0582. The summed E-state index contributed by atoms with van der Waals surface area (Å²) in [7, 11) is 0. The van der Waals surface area contributed by atoms with Crippen LogP contribution in [0.3, 0.4) is 0 Å². The quantitative estimate of drug-likeness (QED) is 0.633. The number of nitrogens with one attached hydrogen (secondary N) is 2. The Balaban J connectivity index is 1.78. The number of nitrogens with zero attached hydrogens (tertiary/aromatic N) is 1. The van der Waals surface area contributed by atoms with Crippen molar-refractivity contribution in [2.75, 3.05) is 18.8 Å². The van der Waals surface area contributed by atoms with Crippen LogP contribution in [0, 0.1) is 0 Å². The molecule has 2 amide bonds. The fraction of sp³-hybridized carbons (Fsp3) is 0.400. The second-order valence-electron chi connectivity index (χ2n) is 4.99. The largest absolute Gasteiger partial charge is 0.375 e. The third kappa shape index (κ3) is 5.65. The number of nitrogens with two attached hydrogens (primary N) is 1. The van der Waals surface area contributed by atoms with Crippen molar-refractivity contribution < 1.29 is 9.59 Å². The summed E-state index contributed by atoms with van der Waals surface area (Å²) in [6, 6.07) is 3.98. The standard InChI is InChI=1S/C15H20N4O2S2/c1-10(20)17-7-3-8-18-13(21)6-5-12-14(19-15(16)23-12)11-4-2-9-22-11/h2,4,9H,3,5-8H2,1H3,(H2,16,19)(H,17,20)(H,18,21). The monoisotopic (exact) mass is 352 g/mol. The van der Waals surface area contributed by atoms with E-state index < -0.39 is 0 Å². The minimum absolute atomic E-state index is 0.00285. The van der Waals surface area contributed by atoms with Gasteiger partial charge in [-0.15, -0.1) is 22.7 Å². The van der Waals surface area contributed by atoms with Gasteiger partial charge in [-0.05, 0) is 24.3 Å². The molecular weight excluding hydrogens is 332 g/mol. The zero-order valence-electron chi connectivity index (χ0n) is 12.9. The van der Waals surface area contributed by atoms with Crippen LogP contribution in [0.4, 0.5) is 5.13 Å². The van der Waals surface area contributed by atoms with Gasteiger partial charge in [-0.1, -0.05) is 6.07 Å². The van der Waals surface area contributed by atoms with Gasteiger partial charge in [0.15, 0.2) is 5.13 Å². The van der Waals surface area contributed by atoms with Gasteiger partial charge in [-0.3, -0.25) is 9.59 Å². The van der Waals surface area contributed by atoms with E-state index >= 15 is 0 Å². The maximum Gasteiger partial charge on any atom is 0.220 e. The van der Waals surface area contributed by atoms with Gasteiger partial charge in [-0.25, -0.2) is 4.98 Å². The number of carbonyl (C=O) groups is 2. The van der Waals surface area contributed by atoms with Crippen LogP contribution in [0.15, 0.2) is 17.5 Å². The van der Waals surface area contributed by atoms with E-state index in [2.05, 4.69) is 15.6 Å². The van der Waals surface area contributed by atoms with E-state index in [1.54, 1.807) is 11.3 Å². The lowest BCUT2D eigenvalue weighted by Crippen LogP contribution is -2.28. The van der Waals surface area contributed by atoms with Crippen LogP contribution in [-0.4, -0.2) is 29.9 Å². The Morgan fingerprint density at radius 3 is 2.78 bits per heavy atom. The van der Waals surface area contributed by atoms with E-state index in [4.69, 9.17) is 5.73 Å². The topological polar surface area (TPSA) is 97.1 Å². The lowest BCUT2D eigenvalue weighted by atomic mass is 10.2. The first-order chi connectivity index (χ1) is 11.1. The molecule has 0 saturated carbocycles. The zero-order chi connectivity index (χ0) is 16.7.